The second-order valence-electron chi connectivity index (χ2n) is 6.22. The van der Waals surface area contributed by atoms with Gasteiger partial charge in [-0.2, -0.15) is 0 Å². The highest BCUT2D eigenvalue weighted by atomic mass is 35.5. The summed E-state index contributed by atoms with van der Waals surface area (Å²) in [6.07, 6.45) is 2.87. The molecule has 2 N–H and O–H groups in total. The Morgan fingerprint density at radius 1 is 1.33 bits per heavy atom. The predicted molar refractivity (Wildman–Crippen MR) is 94.1 cm³/mol. The number of hydrogen-bond donors (Lipinski definition) is 2. The molecule has 0 saturated carbocycles. The van der Waals surface area contributed by atoms with Crippen LogP contribution in [0.1, 0.15) is 43.5 Å². The maximum absolute atomic E-state index is 12.5. The highest BCUT2D eigenvalue weighted by Gasteiger charge is 2.27. The second-order valence-corrected chi connectivity index (χ2v) is 6.66. The molecule has 1 saturated heterocycles. The summed E-state index contributed by atoms with van der Waals surface area (Å²) in [5.74, 6) is -0.405. The molecule has 0 aromatic heterocycles. The van der Waals surface area contributed by atoms with Gasteiger partial charge in [0, 0.05) is 23.7 Å². The Kier molecular flexibility index (Phi) is 7.06. The number of carbonyl (C=O) groups excluding carboxylic acids is 2. The maximum atomic E-state index is 12.5. The average Bonchev–Trinajstić information content (AvgIpc) is 3.10. The van der Waals surface area contributed by atoms with Crippen molar-refractivity contribution in [3.8, 4) is 0 Å². The lowest BCUT2D eigenvalue weighted by Crippen LogP contribution is -2.51. The number of hydrogen-bond acceptors (Lipinski definition) is 3. The number of halogens is 1. The van der Waals surface area contributed by atoms with Gasteiger partial charge in [-0.3, -0.25) is 9.59 Å². The molecule has 1 aliphatic heterocycles. The molecule has 132 valence electrons. The van der Waals surface area contributed by atoms with E-state index in [1.807, 2.05) is 13.8 Å². The third kappa shape index (κ3) is 5.21. The van der Waals surface area contributed by atoms with Gasteiger partial charge < -0.3 is 15.4 Å². The van der Waals surface area contributed by atoms with Crippen LogP contribution in [0, 0.1) is 5.92 Å². The van der Waals surface area contributed by atoms with E-state index in [0.29, 0.717) is 17.1 Å². The highest BCUT2D eigenvalue weighted by Crippen LogP contribution is 2.13. The van der Waals surface area contributed by atoms with Gasteiger partial charge >= 0.3 is 0 Å². The second kappa shape index (κ2) is 9.04. The standard InChI is InChI=1S/C18H25ClN2O3/c1-3-12(2)16(18(23)20-11-15-5-4-10-24-15)21-17(22)13-6-8-14(19)9-7-13/h6-9,12,15-16H,3-5,10-11H2,1-2H3,(H,20,23)(H,21,22)/t12-,15+,16+/m0/s1. The molecule has 1 aromatic rings. The summed E-state index contributed by atoms with van der Waals surface area (Å²) in [5, 5.41) is 6.32. The molecule has 0 bridgehead atoms. The molecule has 1 aromatic carbocycles. The van der Waals surface area contributed by atoms with Crippen molar-refractivity contribution in [2.45, 2.75) is 45.3 Å². The zero-order valence-electron chi connectivity index (χ0n) is 14.2. The van der Waals surface area contributed by atoms with E-state index in [2.05, 4.69) is 10.6 Å². The molecule has 2 amide bonds. The Morgan fingerprint density at radius 3 is 2.62 bits per heavy atom. The fourth-order valence-corrected chi connectivity index (χ4v) is 2.78. The zero-order valence-corrected chi connectivity index (χ0v) is 14.9. The van der Waals surface area contributed by atoms with Crippen LogP contribution in [0.4, 0.5) is 0 Å². The van der Waals surface area contributed by atoms with Crippen molar-refractivity contribution in [1.29, 1.82) is 0 Å². The normalized spacial score (nSPS) is 19.5. The first-order valence-corrected chi connectivity index (χ1v) is 8.84. The van der Waals surface area contributed by atoms with Crippen LogP contribution in [-0.2, 0) is 9.53 Å². The third-order valence-corrected chi connectivity index (χ3v) is 4.67. The van der Waals surface area contributed by atoms with Crippen molar-refractivity contribution in [2.24, 2.45) is 5.92 Å². The number of rotatable bonds is 7. The minimum absolute atomic E-state index is 0.0331. The molecule has 0 aliphatic carbocycles. The molecule has 3 atom stereocenters. The Bertz CT molecular complexity index is 556. The van der Waals surface area contributed by atoms with Gasteiger partial charge in [0.15, 0.2) is 0 Å². The van der Waals surface area contributed by atoms with Crippen molar-refractivity contribution in [2.75, 3.05) is 13.2 Å². The fraction of sp³-hybridized carbons (Fsp3) is 0.556. The maximum Gasteiger partial charge on any atom is 0.251 e. The lowest BCUT2D eigenvalue weighted by molar-refractivity contribution is -0.124. The molecule has 24 heavy (non-hydrogen) atoms. The van der Waals surface area contributed by atoms with Crippen molar-refractivity contribution >= 4 is 23.4 Å². The zero-order chi connectivity index (χ0) is 17.5. The molecule has 1 heterocycles. The van der Waals surface area contributed by atoms with Crippen LogP contribution in [0.5, 0.6) is 0 Å². The first-order chi connectivity index (χ1) is 11.5. The van der Waals surface area contributed by atoms with Crippen LogP contribution in [-0.4, -0.2) is 37.1 Å². The smallest absolute Gasteiger partial charge is 0.251 e. The summed E-state index contributed by atoms with van der Waals surface area (Å²) in [4.78, 5) is 24.9. The summed E-state index contributed by atoms with van der Waals surface area (Å²) in [7, 11) is 0. The van der Waals surface area contributed by atoms with Gasteiger partial charge in [0.25, 0.3) is 5.91 Å². The van der Waals surface area contributed by atoms with Crippen LogP contribution in [0.25, 0.3) is 0 Å². The van der Waals surface area contributed by atoms with Gasteiger partial charge in [-0.25, -0.2) is 0 Å². The van der Waals surface area contributed by atoms with E-state index < -0.39 is 6.04 Å². The number of nitrogens with one attached hydrogen (secondary N) is 2. The Balaban J connectivity index is 1.97. The van der Waals surface area contributed by atoms with Gasteiger partial charge in [-0.05, 0) is 43.0 Å². The lowest BCUT2D eigenvalue weighted by Gasteiger charge is -2.24. The third-order valence-electron chi connectivity index (χ3n) is 4.42. The van der Waals surface area contributed by atoms with Crippen molar-refractivity contribution in [3.63, 3.8) is 0 Å². The van der Waals surface area contributed by atoms with Crippen molar-refractivity contribution in [1.82, 2.24) is 10.6 Å². The summed E-state index contributed by atoms with van der Waals surface area (Å²) in [6.45, 7) is 5.20. The van der Waals surface area contributed by atoms with Crippen LogP contribution in [0.2, 0.25) is 5.02 Å². The summed E-state index contributed by atoms with van der Waals surface area (Å²) in [5.41, 5.74) is 0.486. The number of carbonyl (C=O) groups is 2. The largest absolute Gasteiger partial charge is 0.376 e. The first-order valence-electron chi connectivity index (χ1n) is 8.47. The molecule has 6 heteroatoms. The van der Waals surface area contributed by atoms with Crippen LogP contribution >= 0.6 is 11.6 Å². The minimum Gasteiger partial charge on any atom is -0.376 e. The van der Waals surface area contributed by atoms with E-state index in [4.69, 9.17) is 16.3 Å². The van der Waals surface area contributed by atoms with Gasteiger partial charge in [0.2, 0.25) is 5.91 Å². The van der Waals surface area contributed by atoms with Gasteiger partial charge in [0.1, 0.15) is 6.04 Å². The molecule has 0 spiro atoms. The van der Waals surface area contributed by atoms with Gasteiger partial charge in [-0.15, -0.1) is 0 Å². The Morgan fingerprint density at radius 2 is 2.04 bits per heavy atom. The molecule has 2 rings (SSSR count). The predicted octanol–water partition coefficient (Wildman–Crippen LogP) is 2.78. The van der Waals surface area contributed by atoms with E-state index in [1.54, 1.807) is 24.3 Å². The molecule has 5 nitrogen and oxygen atoms in total. The Labute approximate surface area is 148 Å². The van der Waals surface area contributed by atoms with E-state index in [-0.39, 0.29) is 23.8 Å². The number of ether oxygens (including phenoxy) is 1. The molecular formula is C18H25ClN2O3. The monoisotopic (exact) mass is 352 g/mol. The van der Waals surface area contributed by atoms with E-state index in [1.165, 1.54) is 0 Å². The molecular weight excluding hydrogens is 328 g/mol. The minimum atomic E-state index is -0.570. The van der Waals surface area contributed by atoms with Crippen molar-refractivity contribution < 1.29 is 14.3 Å². The lowest BCUT2D eigenvalue weighted by atomic mass is 9.97. The van der Waals surface area contributed by atoms with Crippen LogP contribution in [0.3, 0.4) is 0 Å². The summed E-state index contributed by atoms with van der Waals surface area (Å²) < 4.78 is 5.52. The SMILES string of the molecule is CC[C@H](C)[C@@H](NC(=O)c1ccc(Cl)cc1)C(=O)NC[C@H]1CCCO1. The first kappa shape index (κ1) is 18.7. The summed E-state index contributed by atoms with van der Waals surface area (Å²) >= 11 is 5.84. The van der Waals surface area contributed by atoms with E-state index >= 15 is 0 Å². The Hall–Kier alpha value is -1.59. The van der Waals surface area contributed by atoms with Gasteiger partial charge in [0.05, 0.1) is 6.10 Å². The molecule has 1 aliphatic rings. The average molecular weight is 353 g/mol. The summed E-state index contributed by atoms with van der Waals surface area (Å²) in [6, 6.07) is 6.04. The van der Waals surface area contributed by atoms with E-state index in [9.17, 15) is 9.59 Å². The molecule has 1 fully saturated rings. The fourth-order valence-electron chi connectivity index (χ4n) is 2.66. The van der Waals surface area contributed by atoms with Crippen LogP contribution < -0.4 is 10.6 Å². The van der Waals surface area contributed by atoms with E-state index in [0.717, 1.165) is 25.9 Å². The van der Waals surface area contributed by atoms with Gasteiger partial charge in [-0.1, -0.05) is 31.9 Å². The molecule has 0 radical (unpaired) electrons. The highest BCUT2D eigenvalue weighted by molar-refractivity contribution is 6.30. The topological polar surface area (TPSA) is 67.4 Å². The van der Waals surface area contributed by atoms with Crippen LogP contribution in [0.15, 0.2) is 24.3 Å². The molecule has 0 unspecified atom stereocenters. The number of benzene rings is 1. The quantitative estimate of drug-likeness (QED) is 0.793. The van der Waals surface area contributed by atoms with Crippen molar-refractivity contribution in [3.05, 3.63) is 34.9 Å². The number of amides is 2.